The van der Waals surface area contributed by atoms with Gasteiger partial charge in [0.2, 0.25) is 0 Å². The number of hydrogen-bond acceptors (Lipinski definition) is 4. The molecule has 4 nitrogen and oxygen atoms in total. The van der Waals surface area contributed by atoms with E-state index in [1.54, 1.807) is 0 Å². The minimum absolute atomic E-state index is 0.379. The van der Waals surface area contributed by atoms with Crippen LogP contribution in [0.25, 0.3) is 11.0 Å². The predicted octanol–water partition coefficient (Wildman–Crippen LogP) is 2.05. The van der Waals surface area contributed by atoms with E-state index in [9.17, 15) is 5.11 Å². The zero-order valence-electron chi connectivity index (χ0n) is 9.72. The highest BCUT2D eigenvalue weighted by molar-refractivity contribution is 7.99. The molecular weight excluding hydrogens is 236 g/mol. The average molecular weight is 252 g/mol. The molecule has 0 saturated heterocycles. The number of aliphatic hydroxyl groups excluding tert-OH is 1. The number of imidazole rings is 1. The van der Waals surface area contributed by atoms with Gasteiger partial charge in [-0.05, 0) is 19.1 Å². The molecule has 0 radical (unpaired) electrons. The van der Waals surface area contributed by atoms with E-state index in [-0.39, 0.29) is 0 Å². The van der Waals surface area contributed by atoms with Gasteiger partial charge in [-0.2, -0.15) is 0 Å². The number of hydrogen-bond donors (Lipinski definition) is 2. The molecule has 1 aromatic heterocycles. The smallest absolute Gasteiger partial charge is 0.166 e. The van der Waals surface area contributed by atoms with Crippen LogP contribution in [0.15, 0.2) is 29.4 Å². The Hall–Kier alpha value is -1.04. The number of thioether (sulfide) groups is 1. The first-order chi connectivity index (χ1) is 8.29. The monoisotopic (exact) mass is 252 g/mol. The summed E-state index contributed by atoms with van der Waals surface area (Å²) < 4.78 is 5.15. The van der Waals surface area contributed by atoms with Gasteiger partial charge in [0.1, 0.15) is 0 Å². The maximum atomic E-state index is 9.63. The van der Waals surface area contributed by atoms with Crippen LogP contribution >= 0.6 is 11.8 Å². The number of fused-ring (bicyclic) bond motifs is 1. The maximum absolute atomic E-state index is 9.63. The van der Waals surface area contributed by atoms with E-state index in [4.69, 9.17) is 4.74 Å². The van der Waals surface area contributed by atoms with Crippen LogP contribution in [0.4, 0.5) is 0 Å². The highest BCUT2D eigenvalue weighted by Crippen LogP contribution is 2.19. The van der Waals surface area contributed by atoms with Crippen molar-refractivity contribution in [3.63, 3.8) is 0 Å². The van der Waals surface area contributed by atoms with Gasteiger partial charge >= 0.3 is 0 Å². The Kier molecular flexibility index (Phi) is 4.42. The lowest BCUT2D eigenvalue weighted by molar-refractivity contribution is 0.0551. The molecule has 0 spiro atoms. The Morgan fingerprint density at radius 2 is 2.29 bits per heavy atom. The Balaban J connectivity index is 1.90. The van der Waals surface area contributed by atoms with Crippen molar-refractivity contribution in [2.24, 2.45) is 0 Å². The molecule has 2 rings (SSSR count). The second-order valence-electron chi connectivity index (χ2n) is 3.68. The lowest BCUT2D eigenvalue weighted by atomic mass is 10.3. The molecule has 0 aliphatic heterocycles. The summed E-state index contributed by atoms with van der Waals surface area (Å²) in [5, 5.41) is 10.5. The van der Waals surface area contributed by atoms with Gasteiger partial charge in [0.05, 0.1) is 23.7 Å². The van der Waals surface area contributed by atoms with Crippen LogP contribution < -0.4 is 0 Å². The highest BCUT2D eigenvalue weighted by Gasteiger charge is 2.07. The number of rotatable bonds is 6. The zero-order chi connectivity index (χ0) is 12.1. The van der Waals surface area contributed by atoms with Crippen LogP contribution in [-0.4, -0.2) is 40.1 Å². The Labute approximate surface area is 104 Å². The van der Waals surface area contributed by atoms with Crippen LogP contribution in [0.3, 0.4) is 0 Å². The number of nitrogens with one attached hydrogen (secondary N) is 1. The largest absolute Gasteiger partial charge is 0.390 e. The molecule has 0 fully saturated rings. The van der Waals surface area contributed by atoms with Gasteiger partial charge in [0.25, 0.3) is 0 Å². The van der Waals surface area contributed by atoms with E-state index >= 15 is 0 Å². The normalized spacial score (nSPS) is 13.1. The number of benzene rings is 1. The van der Waals surface area contributed by atoms with Crippen molar-refractivity contribution in [2.45, 2.75) is 18.2 Å². The van der Waals surface area contributed by atoms with Crippen molar-refractivity contribution in [1.29, 1.82) is 0 Å². The number of aromatic amines is 1. The second-order valence-corrected chi connectivity index (χ2v) is 4.69. The number of H-pyrrole nitrogens is 1. The van der Waals surface area contributed by atoms with E-state index in [0.717, 1.165) is 16.2 Å². The van der Waals surface area contributed by atoms with Crippen molar-refractivity contribution in [2.75, 3.05) is 19.0 Å². The summed E-state index contributed by atoms with van der Waals surface area (Å²) in [5.74, 6) is 0.583. The Morgan fingerprint density at radius 3 is 3.06 bits per heavy atom. The third kappa shape index (κ3) is 3.46. The zero-order valence-corrected chi connectivity index (χ0v) is 10.5. The first-order valence-electron chi connectivity index (χ1n) is 5.63. The molecule has 0 bridgehead atoms. The van der Waals surface area contributed by atoms with Crippen molar-refractivity contribution < 1.29 is 9.84 Å². The van der Waals surface area contributed by atoms with Gasteiger partial charge < -0.3 is 14.8 Å². The SMILES string of the molecule is CCOCC(O)CSc1nc2ccccc2[nH]1. The summed E-state index contributed by atoms with van der Waals surface area (Å²) in [7, 11) is 0. The van der Waals surface area contributed by atoms with Crippen molar-refractivity contribution >= 4 is 22.8 Å². The van der Waals surface area contributed by atoms with E-state index < -0.39 is 6.10 Å². The molecule has 2 aromatic rings. The summed E-state index contributed by atoms with van der Waals surface area (Å²) in [6.45, 7) is 2.93. The second kappa shape index (κ2) is 6.05. The summed E-state index contributed by atoms with van der Waals surface area (Å²) >= 11 is 1.51. The molecule has 5 heteroatoms. The number of para-hydroxylation sites is 2. The fraction of sp³-hybridized carbons (Fsp3) is 0.417. The first kappa shape index (κ1) is 12.4. The van der Waals surface area contributed by atoms with Gasteiger partial charge in [-0.1, -0.05) is 23.9 Å². The Bertz CT molecular complexity index is 439. The predicted molar refractivity (Wildman–Crippen MR) is 69.3 cm³/mol. The summed E-state index contributed by atoms with van der Waals surface area (Å²) in [6.07, 6.45) is -0.451. The fourth-order valence-electron chi connectivity index (χ4n) is 1.47. The minimum atomic E-state index is -0.451. The lowest BCUT2D eigenvalue weighted by Gasteiger charge is -2.08. The molecule has 1 atom stereocenters. The third-order valence-corrected chi connectivity index (χ3v) is 3.31. The standard InChI is InChI=1S/C12H16N2O2S/c1-2-16-7-9(15)8-17-12-13-10-5-3-4-6-11(10)14-12/h3-6,9,15H,2,7-8H2,1H3,(H,13,14). The molecule has 1 heterocycles. The average Bonchev–Trinajstić information content (AvgIpc) is 2.76. The van der Waals surface area contributed by atoms with Crippen LogP contribution in [-0.2, 0) is 4.74 Å². The first-order valence-corrected chi connectivity index (χ1v) is 6.61. The molecule has 2 N–H and O–H groups in total. The number of ether oxygens (including phenoxy) is 1. The summed E-state index contributed by atoms with van der Waals surface area (Å²) in [4.78, 5) is 7.63. The minimum Gasteiger partial charge on any atom is -0.390 e. The molecule has 0 amide bonds. The molecule has 92 valence electrons. The van der Waals surface area contributed by atoms with Gasteiger partial charge in [-0.15, -0.1) is 0 Å². The van der Waals surface area contributed by atoms with Gasteiger partial charge in [-0.25, -0.2) is 4.98 Å². The summed E-state index contributed by atoms with van der Waals surface area (Å²) in [6, 6.07) is 7.88. The van der Waals surface area contributed by atoms with Gasteiger partial charge in [0, 0.05) is 12.4 Å². The van der Waals surface area contributed by atoms with E-state index in [0.29, 0.717) is 19.0 Å². The molecular formula is C12H16N2O2S. The van der Waals surface area contributed by atoms with Gasteiger partial charge in [0.15, 0.2) is 5.16 Å². The lowest BCUT2D eigenvalue weighted by Crippen LogP contribution is -2.17. The number of nitrogens with zero attached hydrogens (tertiary/aromatic N) is 1. The van der Waals surface area contributed by atoms with E-state index in [1.165, 1.54) is 11.8 Å². The van der Waals surface area contributed by atoms with E-state index in [2.05, 4.69) is 9.97 Å². The van der Waals surface area contributed by atoms with Crippen molar-refractivity contribution in [1.82, 2.24) is 9.97 Å². The van der Waals surface area contributed by atoms with Gasteiger partial charge in [-0.3, -0.25) is 0 Å². The van der Waals surface area contributed by atoms with E-state index in [1.807, 2.05) is 31.2 Å². The molecule has 0 aliphatic carbocycles. The highest BCUT2D eigenvalue weighted by atomic mass is 32.2. The quantitative estimate of drug-likeness (QED) is 0.773. The maximum Gasteiger partial charge on any atom is 0.166 e. The molecule has 17 heavy (non-hydrogen) atoms. The van der Waals surface area contributed by atoms with Crippen LogP contribution in [0.1, 0.15) is 6.92 Å². The van der Waals surface area contributed by atoms with Crippen LogP contribution in [0, 0.1) is 0 Å². The molecule has 1 aromatic carbocycles. The Morgan fingerprint density at radius 1 is 1.47 bits per heavy atom. The molecule has 0 aliphatic rings. The van der Waals surface area contributed by atoms with Crippen LogP contribution in [0.5, 0.6) is 0 Å². The van der Waals surface area contributed by atoms with Crippen molar-refractivity contribution in [3.8, 4) is 0 Å². The fourth-order valence-corrected chi connectivity index (χ4v) is 2.27. The number of aliphatic hydroxyl groups is 1. The molecule has 1 unspecified atom stereocenters. The topological polar surface area (TPSA) is 58.1 Å². The van der Waals surface area contributed by atoms with Crippen LogP contribution in [0.2, 0.25) is 0 Å². The van der Waals surface area contributed by atoms with Crippen molar-refractivity contribution in [3.05, 3.63) is 24.3 Å². The summed E-state index contributed by atoms with van der Waals surface area (Å²) in [5.41, 5.74) is 1.98. The third-order valence-electron chi connectivity index (χ3n) is 2.29. The molecule has 0 saturated carbocycles. The number of aromatic nitrogens is 2.